The molecule has 0 heterocycles. The molecule has 0 rings (SSSR count). The first-order chi connectivity index (χ1) is 6.59. The molecule has 0 aliphatic carbocycles. The largest absolute Gasteiger partial charge is 0.479 e. The molecular formula is C9H18NO5+. The van der Waals surface area contributed by atoms with Crippen molar-refractivity contribution in [1.82, 2.24) is 0 Å². The number of quaternary nitrogens is 1. The number of hydrogen-bond donors (Lipinski definition) is 2. The second-order valence-electron chi connectivity index (χ2n) is 4.51. The molecule has 0 aromatic heterocycles. The zero-order valence-electron chi connectivity index (χ0n) is 9.48. The third-order valence-corrected chi connectivity index (χ3v) is 1.97. The van der Waals surface area contributed by atoms with E-state index in [-0.39, 0.29) is 6.61 Å². The molecule has 0 aromatic rings. The van der Waals surface area contributed by atoms with Crippen LogP contribution in [0.15, 0.2) is 0 Å². The van der Waals surface area contributed by atoms with Crippen molar-refractivity contribution >= 4 is 11.9 Å². The Morgan fingerprint density at radius 1 is 1.20 bits per heavy atom. The summed E-state index contributed by atoms with van der Waals surface area (Å²) in [5, 5.41) is 17.4. The summed E-state index contributed by atoms with van der Waals surface area (Å²) in [6.07, 6.45) is 0. The van der Waals surface area contributed by atoms with E-state index in [1.54, 1.807) is 0 Å². The van der Waals surface area contributed by atoms with Gasteiger partial charge in [-0.3, -0.25) is 0 Å². The fraction of sp³-hybridized carbons (Fsp3) is 0.778. The maximum absolute atomic E-state index is 10.7. The minimum Gasteiger partial charge on any atom is -0.479 e. The third kappa shape index (κ3) is 4.26. The van der Waals surface area contributed by atoms with Crippen molar-refractivity contribution in [2.75, 3.05) is 34.3 Å². The van der Waals surface area contributed by atoms with Crippen molar-refractivity contribution in [2.24, 2.45) is 0 Å². The van der Waals surface area contributed by atoms with Gasteiger partial charge < -0.3 is 19.4 Å². The highest BCUT2D eigenvalue weighted by molar-refractivity contribution is 6.01. The molecular weight excluding hydrogens is 202 g/mol. The molecule has 0 unspecified atom stereocenters. The second-order valence-corrected chi connectivity index (χ2v) is 4.51. The average Bonchev–Trinajstić information content (AvgIpc) is 2.00. The first-order valence-electron chi connectivity index (χ1n) is 4.51. The van der Waals surface area contributed by atoms with E-state index in [4.69, 9.17) is 14.9 Å². The lowest BCUT2D eigenvalue weighted by molar-refractivity contribution is -0.870. The molecule has 2 N–H and O–H groups in total. The number of carboxylic acid groups (broad SMARTS) is 2. The van der Waals surface area contributed by atoms with Gasteiger partial charge in [0.1, 0.15) is 6.54 Å². The fourth-order valence-electron chi connectivity index (χ4n) is 0.739. The van der Waals surface area contributed by atoms with Gasteiger partial charge in [0.25, 0.3) is 5.60 Å². The Morgan fingerprint density at radius 3 is 1.87 bits per heavy atom. The summed E-state index contributed by atoms with van der Waals surface area (Å²) in [5.74, 6) is -2.98. The standard InChI is InChI=1S/C9H17NO5/c1-9(7(11)12,8(13)14)15-6-5-10(2,3)4/h5-6H2,1-4H3,(H-,11,12,13,14)/p+1. The smallest absolute Gasteiger partial charge is 0.347 e. The van der Waals surface area contributed by atoms with Crippen LogP contribution in [-0.2, 0) is 14.3 Å². The highest BCUT2D eigenvalue weighted by atomic mass is 16.5. The summed E-state index contributed by atoms with van der Waals surface area (Å²) in [6.45, 7) is 1.65. The number of aliphatic carboxylic acids is 2. The summed E-state index contributed by atoms with van der Waals surface area (Å²) in [7, 11) is 5.71. The van der Waals surface area contributed by atoms with Gasteiger partial charge in [0.15, 0.2) is 0 Å². The molecule has 0 bridgehead atoms. The van der Waals surface area contributed by atoms with E-state index in [2.05, 4.69) is 0 Å². The number of carboxylic acids is 2. The Labute approximate surface area is 88.7 Å². The number of carbonyl (C=O) groups is 2. The summed E-state index contributed by atoms with van der Waals surface area (Å²) in [5.41, 5.74) is -2.16. The van der Waals surface area contributed by atoms with E-state index in [1.165, 1.54) is 0 Å². The quantitative estimate of drug-likeness (QED) is 0.471. The van der Waals surface area contributed by atoms with Crippen molar-refractivity contribution in [3.63, 3.8) is 0 Å². The summed E-state index contributed by atoms with van der Waals surface area (Å²) in [6, 6.07) is 0. The topological polar surface area (TPSA) is 83.8 Å². The highest BCUT2D eigenvalue weighted by Gasteiger charge is 2.43. The normalized spacial score (nSPS) is 12.5. The summed E-state index contributed by atoms with van der Waals surface area (Å²) < 4.78 is 5.49. The van der Waals surface area contributed by atoms with Gasteiger partial charge in [-0.1, -0.05) is 0 Å². The predicted molar refractivity (Wildman–Crippen MR) is 52.5 cm³/mol. The van der Waals surface area contributed by atoms with E-state index in [9.17, 15) is 9.59 Å². The Morgan fingerprint density at radius 2 is 1.60 bits per heavy atom. The first kappa shape index (κ1) is 13.9. The van der Waals surface area contributed by atoms with Crippen LogP contribution in [0.2, 0.25) is 0 Å². The van der Waals surface area contributed by atoms with Crippen molar-refractivity contribution in [3.05, 3.63) is 0 Å². The molecule has 15 heavy (non-hydrogen) atoms. The molecule has 0 saturated carbocycles. The molecule has 0 radical (unpaired) electrons. The van der Waals surface area contributed by atoms with E-state index < -0.39 is 17.5 Å². The highest BCUT2D eigenvalue weighted by Crippen LogP contribution is 2.11. The van der Waals surface area contributed by atoms with Crippen molar-refractivity contribution in [3.8, 4) is 0 Å². The van der Waals surface area contributed by atoms with Gasteiger partial charge in [0, 0.05) is 0 Å². The van der Waals surface area contributed by atoms with Crippen LogP contribution >= 0.6 is 0 Å². The van der Waals surface area contributed by atoms with Gasteiger partial charge in [-0.15, -0.1) is 0 Å². The number of hydrogen-bond acceptors (Lipinski definition) is 3. The fourth-order valence-corrected chi connectivity index (χ4v) is 0.739. The van der Waals surface area contributed by atoms with Gasteiger partial charge in [-0.25, -0.2) is 9.59 Å². The van der Waals surface area contributed by atoms with E-state index in [0.717, 1.165) is 6.92 Å². The van der Waals surface area contributed by atoms with Crippen LogP contribution < -0.4 is 0 Å². The maximum atomic E-state index is 10.7. The summed E-state index contributed by atoms with van der Waals surface area (Å²) >= 11 is 0. The zero-order valence-corrected chi connectivity index (χ0v) is 9.48. The molecule has 0 aliphatic rings. The Bertz CT molecular complexity index is 242. The number of likely N-dealkylation sites (N-methyl/N-ethyl adjacent to an activating group) is 1. The lowest BCUT2D eigenvalue weighted by Crippen LogP contribution is -2.48. The van der Waals surface area contributed by atoms with E-state index >= 15 is 0 Å². The molecule has 6 heteroatoms. The molecule has 0 spiro atoms. The maximum Gasteiger partial charge on any atom is 0.347 e. The number of ether oxygens (including phenoxy) is 1. The van der Waals surface area contributed by atoms with Crippen LogP contribution in [0.3, 0.4) is 0 Å². The van der Waals surface area contributed by atoms with Crippen molar-refractivity contribution in [2.45, 2.75) is 12.5 Å². The number of nitrogens with zero attached hydrogens (tertiary/aromatic N) is 1. The first-order valence-corrected chi connectivity index (χ1v) is 4.51. The predicted octanol–water partition coefficient (Wildman–Crippen LogP) is -0.363. The van der Waals surface area contributed by atoms with Crippen LogP contribution in [-0.4, -0.2) is 66.5 Å². The molecule has 0 fully saturated rings. The number of rotatable bonds is 6. The van der Waals surface area contributed by atoms with Gasteiger partial charge in [0.05, 0.1) is 27.7 Å². The van der Waals surface area contributed by atoms with Crippen LogP contribution in [0.25, 0.3) is 0 Å². The Kier molecular flexibility index (Phi) is 4.24. The lowest BCUT2D eigenvalue weighted by atomic mass is 10.1. The zero-order chi connectivity index (χ0) is 12.3. The van der Waals surface area contributed by atoms with Crippen LogP contribution in [0.1, 0.15) is 6.92 Å². The average molecular weight is 220 g/mol. The van der Waals surface area contributed by atoms with Gasteiger partial charge in [-0.2, -0.15) is 0 Å². The minimum atomic E-state index is -2.16. The Balaban J connectivity index is 4.34. The van der Waals surface area contributed by atoms with Crippen LogP contribution in [0, 0.1) is 0 Å². The molecule has 0 aromatic carbocycles. The molecule has 0 aliphatic heterocycles. The van der Waals surface area contributed by atoms with Crippen LogP contribution in [0.4, 0.5) is 0 Å². The van der Waals surface area contributed by atoms with Crippen LogP contribution in [0.5, 0.6) is 0 Å². The van der Waals surface area contributed by atoms with Gasteiger partial charge in [-0.05, 0) is 6.92 Å². The van der Waals surface area contributed by atoms with E-state index in [0.29, 0.717) is 11.0 Å². The van der Waals surface area contributed by atoms with Gasteiger partial charge in [0.2, 0.25) is 0 Å². The lowest BCUT2D eigenvalue weighted by Gasteiger charge is -2.26. The van der Waals surface area contributed by atoms with Crippen molar-refractivity contribution < 1.29 is 29.0 Å². The molecule has 0 saturated heterocycles. The van der Waals surface area contributed by atoms with Gasteiger partial charge >= 0.3 is 11.9 Å². The molecule has 88 valence electrons. The third-order valence-electron chi connectivity index (χ3n) is 1.97. The monoisotopic (exact) mass is 220 g/mol. The van der Waals surface area contributed by atoms with Crippen molar-refractivity contribution in [1.29, 1.82) is 0 Å². The molecule has 6 nitrogen and oxygen atoms in total. The summed E-state index contributed by atoms with van der Waals surface area (Å²) in [4.78, 5) is 21.4. The van der Waals surface area contributed by atoms with E-state index in [1.807, 2.05) is 21.1 Å². The second kappa shape index (κ2) is 4.59. The molecule has 0 atom stereocenters. The molecule has 0 amide bonds. The SMILES string of the molecule is CC(OCC[N+](C)(C)C)(C(=O)O)C(=O)O. The minimum absolute atomic E-state index is 0.0819. The Hall–Kier alpha value is -1.14.